The minimum atomic E-state index is 0.638. The molecule has 0 atom stereocenters. The number of hydrogen-bond acceptors (Lipinski definition) is 3. The summed E-state index contributed by atoms with van der Waals surface area (Å²) < 4.78 is 0.638. The van der Waals surface area contributed by atoms with E-state index in [4.69, 9.17) is 12.2 Å². The lowest BCUT2D eigenvalue weighted by Gasteiger charge is -2.09. The second-order valence-electron chi connectivity index (χ2n) is 4.85. The lowest BCUT2D eigenvalue weighted by atomic mass is 10.1. The molecule has 0 amide bonds. The normalized spacial score (nSPS) is 10.5. The lowest BCUT2D eigenvalue weighted by Crippen LogP contribution is -2.02. The Kier molecular flexibility index (Phi) is 3.88. The van der Waals surface area contributed by atoms with Crippen LogP contribution in [0.25, 0.3) is 11.3 Å². The summed E-state index contributed by atoms with van der Waals surface area (Å²) in [7, 11) is 0. The van der Waals surface area contributed by atoms with E-state index in [2.05, 4.69) is 27.1 Å². The molecule has 0 saturated carbocycles. The van der Waals surface area contributed by atoms with Gasteiger partial charge in [-0.1, -0.05) is 48.6 Å². The number of aromatic amines is 1. The molecule has 0 bridgehead atoms. The Morgan fingerprint density at radius 2 is 1.81 bits per heavy atom. The number of H-pyrrole nitrogens is 1. The Morgan fingerprint density at radius 1 is 1.05 bits per heavy atom. The summed E-state index contributed by atoms with van der Waals surface area (Å²) in [5.41, 5.74) is 4.12. The third-order valence-electron chi connectivity index (χ3n) is 3.34. The van der Waals surface area contributed by atoms with Crippen molar-refractivity contribution in [3.05, 3.63) is 76.5 Å². The molecule has 0 radical (unpaired) electrons. The number of benzene rings is 1. The van der Waals surface area contributed by atoms with Crippen molar-refractivity contribution in [3.63, 3.8) is 0 Å². The molecular formula is C17H15N3S. The van der Waals surface area contributed by atoms with E-state index in [1.807, 2.05) is 43.3 Å². The fourth-order valence-corrected chi connectivity index (χ4v) is 2.44. The number of aromatic nitrogens is 3. The quantitative estimate of drug-likeness (QED) is 0.739. The van der Waals surface area contributed by atoms with Crippen molar-refractivity contribution < 1.29 is 0 Å². The van der Waals surface area contributed by atoms with Gasteiger partial charge in [-0.15, -0.1) is 0 Å². The van der Waals surface area contributed by atoms with Gasteiger partial charge < -0.3 is 4.98 Å². The largest absolute Gasteiger partial charge is 0.343 e. The van der Waals surface area contributed by atoms with Crippen LogP contribution in [-0.2, 0) is 6.42 Å². The first-order chi connectivity index (χ1) is 10.2. The van der Waals surface area contributed by atoms with Crippen LogP contribution in [0, 0.1) is 11.6 Å². The maximum atomic E-state index is 5.39. The zero-order valence-corrected chi connectivity index (χ0v) is 12.5. The summed E-state index contributed by atoms with van der Waals surface area (Å²) in [5.74, 6) is 0.836. The molecule has 0 fully saturated rings. The molecular weight excluding hydrogens is 278 g/mol. The molecule has 0 aliphatic heterocycles. The average molecular weight is 293 g/mol. The number of pyridine rings is 1. The molecule has 0 saturated heterocycles. The number of hydrogen-bond donors (Lipinski definition) is 1. The van der Waals surface area contributed by atoms with E-state index in [0.29, 0.717) is 11.1 Å². The lowest BCUT2D eigenvalue weighted by molar-refractivity contribution is 0.924. The van der Waals surface area contributed by atoms with Crippen molar-refractivity contribution in [2.24, 2.45) is 0 Å². The van der Waals surface area contributed by atoms with Gasteiger partial charge in [0, 0.05) is 23.9 Å². The molecule has 3 rings (SSSR count). The number of rotatable bonds is 3. The van der Waals surface area contributed by atoms with Crippen molar-refractivity contribution in [3.8, 4) is 11.3 Å². The Bertz CT molecular complexity index is 795. The van der Waals surface area contributed by atoms with Gasteiger partial charge in [-0.3, -0.25) is 4.98 Å². The molecule has 1 aromatic carbocycles. The molecule has 21 heavy (non-hydrogen) atoms. The van der Waals surface area contributed by atoms with E-state index >= 15 is 0 Å². The summed E-state index contributed by atoms with van der Waals surface area (Å²) in [5, 5.41) is 0. The minimum absolute atomic E-state index is 0.638. The van der Waals surface area contributed by atoms with E-state index in [-0.39, 0.29) is 0 Å². The zero-order valence-electron chi connectivity index (χ0n) is 11.7. The summed E-state index contributed by atoms with van der Waals surface area (Å²) in [6, 6.07) is 16.0. The first-order valence-electron chi connectivity index (χ1n) is 6.79. The SMILES string of the molecule is Cc1c(-c2ccccc2)[nH]c(Cc2ccccn2)nc1=S. The molecule has 104 valence electrons. The van der Waals surface area contributed by atoms with Crippen LogP contribution in [0.3, 0.4) is 0 Å². The molecule has 0 aliphatic rings. The predicted octanol–water partition coefficient (Wildman–Crippen LogP) is 4.10. The second-order valence-corrected chi connectivity index (χ2v) is 5.24. The van der Waals surface area contributed by atoms with Crippen molar-refractivity contribution in [2.45, 2.75) is 13.3 Å². The highest BCUT2D eigenvalue weighted by atomic mass is 32.1. The molecule has 0 aliphatic carbocycles. The van der Waals surface area contributed by atoms with Gasteiger partial charge in [0.1, 0.15) is 10.5 Å². The topological polar surface area (TPSA) is 41.6 Å². The van der Waals surface area contributed by atoms with Gasteiger partial charge in [-0.2, -0.15) is 0 Å². The van der Waals surface area contributed by atoms with Crippen molar-refractivity contribution in [1.82, 2.24) is 15.0 Å². The maximum absolute atomic E-state index is 5.39. The minimum Gasteiger partial charge on any atom is -0.343 e. The predicted molar refractivity (Wildman–Crippen MR) is 86.6 cm³/mol. The standard InChI is InChI=1S/C17H15N3S/c1-12-16(13-7-3-2-4-8-13)19-15(20-17(12)21)11-14-9-5-6-10-18-14/h2-10H,11H2,1H3,(H,19,20,21). The average Bonchev–Trinajstić information content (AvgIpc) is 2.52. The number of nitrogens with one attached hydrogen (secondary N) is 1. The van der Waals surface area contributed by atoms with Gasteiger partial charge in [-0.25, -0.2) is 4.98 Å². The number of nitrogens with zero attached hydrogens (tertiary/aromatic N) is 2. The van der Waals surface area contributed by atoms with Crippen molar-refractivity contribution in [2.75, 3.05) is 0 Å². The summed E-state index contributed by atoms with van der Waals surface area (Å²) >= 11 is 5.39. The van der Waals surface area contributed by atoms with Crippen LogP contribution < -0.4 is 0 Å². The van der Waals surface area contributed by atoms with Crippen LogP contribution in [-0.4, -0.2) is 15.0 Å². The molecule has 4 heteroatoms. The van der Waals surface area contributed by atoms with E-state index < -0.39 is 0 Å². The fourth-order valence-electron chi connectivity index (χ4n) is 2.23. The first kappa shape index (κ1) is 13.6. The third-order valence-corrected chi connectivity index (χ3v) is 3.74. The fraction of sp³-hybridized carbons (Fsp3) is 0.118. The van der Waals surface area contributed by atoms with E-state index in [1.165, 1.54) is 0 Å². The van der Waals surface area contributed by atoms with Crippen molar-refractivity contribution >= 4 is 12.2 Å². The molecule has 3 aromatic rings. The highest BCUT2D eigenvalue weighted by molar-refractivity contribution is 7.71. The second kappa shape index (κ2) is 5.97. The van der Waals surface area contributed by atoms with E-state index in [9.17, 15) is 0 Å². The smallest absolute Gasteiger partial charge is 0.133 e. The van der Waals surface area contributed by atoms with Crippen LogP contribution in [0.2, 0.25) is 0 Å². The Hall–Kier alpha value is -2.33. The summed E-state index contributed by atoms with van der Waals surface area (Å²) in [6.07, 6.45) is 2.43. The van der Waals surface area contributed by atoms with Crippen LogP contribution in [0.15, 0.2) is 54.7 Å². The van der Waals surface area contributed by atoms with Crippen LogP contribution >= 0.6 is 12.2 Å². The Labute approximate surface area is 128 Å². The highest BCUT2D eigenvalue weighted by Crippen LogP contribution is 2.21. The summed E-state index contributed by atoms with van der Waals surface area (Å²) in [6.45, 7) is 2.00. The highest BCUT2D eigenvalue weighted by Gasteiger charge is 2.08. The van der Waals surface area contributed by atoms with Gasteiger partial charge in [0.05, 0.1) is 5.69 Å². The zero-order chi connectivity index (χ0) is 14.7. The first-order valence-corrected chi connectivity index (χ1v) is 7.20. The molecule has 0 spiro atoms. The van der Waals surface area contributed by atoms with Crippen molar-refractivity contribution in [1.29, 1.82) is 0 Å². The van der Waals surface area contributed by atoms with Crippen LogP contribution in [0.5, 0.6) is 0 Å². The van der Waals surface area contributed by atoms with Gasteiger partial charge in [0.2, 0.25) is 0 Å². The molecule has 2 aromatic heterocycles. The van der Waals surface area contributed by atoms with Gasteiger partial charge in [-0.05, 0) is 24.6 Å². The monoisotopic (exact) mass is 293 g/mol. The maximum Gasteiger partial charge on any atom is 0.133 e. The van der Waals surface area contributed by atoms with E-state index in [0.717, 1.165) is 28.3 Å². The van der Waals surface area contributed by atoms with Gasteiger partial charge in [0.25, 0.3) is 0 Å². The van der Waals surface area contributed by atoms with Crippen LogP contribution in [0.1, 0.15) is 17.1 Å². The van der Waals surface area contributed by atoms with Gasteiger partial charge >= 0.3 is 0 Å². The molecule has 1 N–H and O–H groups in total. The Morgan fingerprint density at radius 3 is 2.52 bits per heavy atom. The Balaban J connectivity index is 2.04. The molecule has 2 heterocycles. The summed E-state index contributed by atoms with van der Waals surface area (Å²) in [4.78, 5) is 12.2. The van der Waals surface area contributed by atoms with Crippen LogP contribution in [0.4, 0.5) is 0 Å². The van der Waals surface area contributed by atoms with Gasteiger partial charge in [0.15, 0.2) is 0 Å². The van der Waals surface area contributed by atoms with E-state index in [1.54, 1.807) is 6.20 Å². The third kappa shape index (κ3) is 3.06. The molecule has 3 nitrogen and oxygen atoms in total. The molecule has 0 unspecified atom stereocenters.